The summed E-state index contributed by atoms with van der Waals surface area (Å²) in [5, 5.41) is 18.8. The number of rotatable bonds is 8. The Morgan fingerprint density at radius 2 is 1.51 bits per heavy atom. The van der Waals surface area contributed by atoms with E-state index in [-0.39, 0.29) is 25.8 Å². The van der Waals surface area contributed by atoms with Crippen LogP contribution in [-0.4, -0.2) is 77.5 Å². The maximum atomic E-state index is 12.4. The van der Waals surface area contributed by atoms with Gasteiger partial charge in [0.25, 0.3) is 0 Å². The zero-order chi connectivity index (χ0) is 27.7. The van der Waals surface area contributed by atoms with Gasteiger partial charge in [-0.15, -0.1) is 0 Å². The molecule has 0 aromatic carbocycles. The maximum Gasteiger partial charge on any atom is 0.321 e. The van der Waals surface area contributed by atoms with E-state index in [9.17, 15) is 19.8 Å². The Morgan fingerprint density at radius 3 is 2.00 bits per heavy atom. The standard InChI is InChI=1S/C14H18BrNO4.C11H14BrNO4/c1-4-18-12(17)14(8-19-13(2,3)20-9-14)10-5-6-16-11(15)7-10;1-2-17-10(16)11(6-14,7-15)8-3-4-13-9(12)5-8/h5-7H,4,8-9H2,1-3H3;3-5,14-15H,2,6-7H2,1H3. The van der Waals surface area contributed by atoms with Gasteiger partial charge in [0.2, 0.25) is 0 Å². The third-order valence-electron chi connectivity index (χ3n) is 5.76. The molecule has 0 aliphatic carbocycles. The molecule has 2 aromatic rings. The number of hydrogen-bond donors (Lipinski definition) is 2. The van der Waals surface area contributed by atoms with Gasteiger partial charge in [-0.2, -0.15) is 0 Å². The summed E-state index contributed by atoms with van der Waals surface area (Å²) in [6.45, 7) is 6.97. The van der Waals surface area contributed by atoms with E-state index in [0.717, 1.165) is 5.56 Å². The van der Waals surface area contributed by atoms with Crippen LogP contribution >= 0.6 is 31.9 Å². The summed E-state index contributed by atoms with van der Waals surface area (Å²) >= 11 is 6.49. The first-order valence-electron chi connectivity index (χ1n) is 11.6. The fraction of sp³-hybridized carbons (Fsp3) is 0.520. The van der Waals surface area contributed by atoms with E-state index in [1.165, 1.54) is 6.20 Å². The summed E-state index contributed by atoms with van der Waals surface area (Å²) in [7, 11) is 0. The number of ether oxygens (including phenoxy) is 4. The number of aliphatic hydroxyl groups is 2. The average molecular weight is 648 g/mol. The summed E-state index contributed by atoms with van der Waals surface area (Å²) in [5.74, 6) is -1.68. The molecule has 0 saturated carbocycles. The summed E-state index contributed by atoms with van der Waals surface area (Å²) in [6, 6.07) is 6.71. The molecule has 37 heavy (non-hydrogen) atoms. The summed E-state index contributed by atoms with van der Waals surface area (Å²) in [4.78, 5) is 32.3. The van der Waals surface area contributed by atoms with E-state index < -0.39 is 35.8 Å². The molecule has 0 spiro atoms. The normalized spacial score (nSPS) is 16.2. The van der Waals surface area contributed by atoms with E-state index in [1.54, 1.807) is 44.3 Å². The van der Waals surface area contributed by atoms with Crippen molar-refractivity contribution in [3.8, 4) is 0 Å². The number of carbonyl (C=O) groups is 2. The molecule has 0 unspecified atom stereocenters. The van der Waals surface area contributed by atoms with Gasteiger partial charge in [0, 0.05) is 12.4 Å². The van der Waals surface area contributed by atoms with E-state index in [1.807, 2.05) is 13.8 Å². The number of carbonyl (C=O) groups excluding carboxylic acids is 2. The van der Waals surface area contributed by atoms with E-state index in [0.29, 0.717) is 21.4 Å². The monoisotopic (exact) mass is 646 g/mol. The average Bonchev–Trinajstić information content (AvgIpc) is 2.86. The molecule has 0 amide bonds. The predicted molar refractivity (Wildman–Crippen MR) is 141 cm³/mol. The molecular weight excluding hydrogens is 616 g/mol. The van der Waals surface area contributed by atoms with Gasteiger partial charge >= 0.3 is 11.9 Å². The van der Waals surface area contributed by atoms with Crippen molar-refractivity contribution in [1.29, 1.82) is 0 Å². The molecular formula is C25H32Br2N2O8. The van der Waals surface area contributed by atoms with Crippen molar-refractivity contribution in [2.75, 3.05) is 39.6 Å². The lowest BCUT2D eigenvalue weighted by Crippen LogP contribution is -2.54. The largest absolute Gasteiger partial charge is 0.465 e. The molecule has 1 aliphatic heterocycles. The first-order chi connectivity index (χ1) is 17.5. The molecule has 204 valence electrons. The van der Waals surface area contributed by atoms with Crippen molar-refractivity contribution in [2.24, 2.45) is 0 Å². The topological polar surface area (TPSA) is 137 Å². The molecule has 2 aromatic heterocycles. The number of hydrogen-bond acceptors (Lipinski definition) is 10. The van der Waals surface area contributed by atoms with Crippen molar-refractivity contribution in [2.45, 2.75) is 44.3 Å². The highest BCUT2D eigenvalue weighted by Crippen LogP contribution is 2.35. The van der Waals surface area contributed by atoms with Crippen LogP contribution in [0.1, 0.15) is 38.8 Å². The molecule has 2 N–H and O–H groups in total. The molecule has 0 radical (unpaired) electrons. The van der Waals surface area contributed by atoms with Gasteiger partial charge in [-0.05, 0) is 94.9 Å². The second kappa shape index (κ2) is 13.7. The van der Waals surface area contributed by atoms with Crippen molar-refractivity contribution in [3.63, 3.8) is 0 Å². The zero-order valence-corrected chi connectivity index (χ0v) is 24.4. The molecule has 0 bridgehead atoms. The SMILES string of the molecule is CCOC(=O)C(CO)(CO)c1ccnc(Br)c1.CCOC(=O)C1(c2ccnc(Br)c2)COC(C)(C)OC1. The van der Waals surface area contributed by atoms with Gasteiger partial charge in [0.05, 0.1) is 39.6 Å². The van der Waals surface area contributed by atoms with Gasteiger partial charge < -0.3 is 29.2 Å². The van der Waals surface area contributed by atoms with E-state index >= 15 is 0 Å². The van der Waals surface area contributed by atoms with Crippen molar-refractivity contribution >= 4 is 43.8 Å². The fourth-order valence-corrected chi connectivity index (χ4v) is 4.23. The maximum absolute atomic E-state index is 12.4. The third-order valence-corrected chi connectivity index (χ3v) is 6.63. The van der Waals surface area contributed by atoms with E-state index in [2.05, 4.69) is 41.8 Å². The van der Waals surface area contributed by atoms with Crippen LogP contribution in [0.15, 0.2) is 45.9 Å². The number of halogens is 2. The Labute approximate surface area is 233 Å². The van der Waals surface area contributed by atoms with Gasteiger partial charge in [0.15, 0.2) is 5.79 Å². The Hall–Kier alpha value is -1.96. The molecule has 1 fully saturated rings. The lowest BCUT2D eigenvalue weighted by atomic mass is 9.81. The number of esters is 2. The van der Waals surface area contributed by atoms with Gasteiger partial charge in [-0.3, -0.25) is 9.59 Å². The number of pyridine rings is 2. The third kappa shape index (κ3) is 7.55. The molecule has 3 heterocycles. The molecule has 1 aliphatic rings. The summed E-state index contributed by atoms with van der Waals surface area (Å²) in [5.41, 5.74) is -1.16. The highest BCUT2D eigenvalue weighted by atomic mass is 79.9. The first kappa shape index (κ1) is 31.3. The highest BCUT2D eigenvalue weighted by Gasteiger charge is 2.48. The Kier molecular flexibility index (Phi) is 11.6. The van der Waals surface area contributed by atoms with Crippen LogP contribution in [0, 0.1) is 0 Å². The minimum Gasteiger partial charge on any atom is -0.465 e. The summed E-state index contributed by atoms with van der Waals surface area (Å²) < 4.78 is 22.6. The fourth-order valence-electron chi connectivity index (χ4n) is 3.50. The lowest BCUT2D eigenvalue weighted by molar-refractivity contribution is -0.269. The number of aliphatic hydroxyl groups excluding tert-OH is 2. The zero-order valence-electron chi connectivity index (χ0n) is 21.2. The molecule has 0 atom stereocenters. The molecule has 1 saturated heterocycles. The number of aromatic nitrogens is 2. The lowest BCUT2D eigenvalue weighted by Gasteiger charge is -2.41. The van der Waals surface area contributed by atoms with Crippen LogP contribution in [0.2, 0.25) is 0 Å². The van der Waals surface area contributed by atoms with Gasteiger partial charge in [0.1, 0.15) is 20.0 Å². The predicted octanol–water partition coefficient (Wildman–Crippen LogP) is 3.06. The smallest absolute Gasteiger partial charge is 0.321 e. The van der Waals surface area contributed by atoms with E-state index in [4.69, 9.17) is 18.9 Å². The van der Waals surface area contributed by atoms with Crippen LogP contribution in [0.25, 0.3) is 0 Å². The Bertz CT molecular complexity index is 1050. The van der Waals surface area contributed by atoms with Crippen LogP contribution in [-0.2, 0) is 39.4 Å². The second-order valence-electron chi connectivity index (χ2n) is 8.63. The van der Waals surface area contributed by atoms with Gasteiger partial charge in [-0.1, -0.05) is 0 Å². The first-order valence-corrected chi connectivity index (χ1v) is 13.2. The van der Waals surface area contributed by atoms with Crippen LogP contribution in [0.5, 0.6) is 0 Å². The quantitative estimate of drug-likeness (QED) is 0.325. The van der Waals surface area contributed by atoms with Crippen LogP contribution in [0.4, 0.5) is 0 Å². The minimum absolute atomic E-state index is 0.187. The summed E-state index contributed by atoms with van der Waals surface area (Å²) in [6.07, 6.45) is 3.12. The minimum atomic E-state index is -1.44. The van der Waals surface area contributed by atoms with Crippen molar-refractivity contribution in [1.82, 2.24) is 9.97 Å². The molecule has 12 heteroatoms. The van der Waals surface area contributed by atoms with Crippen LogP contribution in [0.3, 0.4) is 0 Å². The second-order valence-corrected chi connectivity index (χ2v) is 10.3. The van der Waals surface area contributed by atoms with Gasteiger partial charge in [-0.25, -0.2) is 9.97 Å². The van der Waals surface area contributed by atoms with Crippen molar-refractivity contribution in [3.05, 3.63) is 57.0 Å². The molecule has 10 nitrogen and oxygen atoms in total. The highest BCUT2D eigenvalue weighted by molar-refractivity contribution is 9.10. The Balaban J connectivity index is 0.000000264. The Morgan fingerprint density at radius 1 is 0.973 bits per heavy atom. The van der Waals surface area contributed by atoms with Crippen molar-refractivity contribution < 1.29 is 38.7 Å². The van der Waals surface area contributed by atoms with Crippen LogP contribution < -0.4 is 0 Å². The molecule has 3 rings (SSSR count). The number of nitrogens with zero attached hydrogens (tertiary/aromatic N) is 2.